The number of fused-ring (bicyclic) bond motifs is 3. The summed E-state index contributed by atoms with van der Waals surface area (Å²) in [6, 6.07) is 16.2. The van der Waals surface area contributed by atoms with Gasteiger partial charge < -0.3 is 15.2 Å². The van der Waals surface area contributed by atoms with Crippen LogP contribution in [-0.4, -0.2) is 41.2 Å². The highest BCUT2D eigenvalue weighted by Gasteiger charge is 2.29. The fourth-order valence-corrected chi connectivity index (χ4v) is 4.56. The molecule has 3 aromatic rings. The Labute approximate surface area is 201 Å². The second-order valence-electron chi connectivity index (χ2n) is 8.68. The van der Waals surface area contributed by atoms with E-state index in [-0.39, 0.29) is 36.5 Å². The lowest BCUT2D eigenvalue weighted by Gasteiger charge is -2.18. The Morgan fingerprint density at radius 2 is 1.68 bits per heavy atom. The fraction of sp³-hybridized carbons (Fsp3) is 0.280. The average molecular weight is 480 g/mol. The van der Waals surface area contributed by atoms with Gasteiger partial charge in [0, 0.05) is 12.5 Å². The lowest BCUT2D eigenvalue weighted by atomic mass is 9.90. The third kappa shape index (κ3) is 4.94. The molecule has 1 aromatic heterocycles. The molecule has 176 valence electrons. The largest absolute Gasteiger partial charge is 0.481 e. The van der Waals surface area contributed by atoms with Crippen molar-refractivity contribution in [3.05, 3.63) is 70.7 Å². The predicted molar refractivity (Wildman–Crippen MR) is 129 cm³/mol. The SMILES string of the molecule is CC(C)(CCNC(=O)c1cnc(NC(=O)OCC2c3ccccc3-c3ccccc32)s1)C(=O)O. The van der Waals surface area contributed by atoms with E-state index in [1.54, 1.807) is 13.8 Å². The van der Waals surface area contributed by atoms with Crippen LogP contribution < -0.4 is 10.6 Å². The van der Waals surface area contributed by atoms with Crippen molar-refractivity contribution < 1.29 is 24.2 Å². The lowest BCUT2D eigenvalue weighted by molar-refractivity contribution is -0.147. The number of aliphatic carboxylic acids is 1. The van der Waals surface area contributed by atoms with E-state index >= 15 is 0 Å². The Kier molecular flexibility index (Phi) is 6.65. The van der Waals surface area contributed by atoms with Gasteiger partial charge in [0.15, 0.2) is 5.13 Å². The fourth-order valence-electron chi connectivity index (χ4n) is 3.84. The first-order valence-electron chi connectivity index (χ1n) is 10.9. The molecule has 2 aromatic carbocycles. The van der Waals surface area contributed by atoms with Crippen molar-refractivity contribution in [3.63, 3.8) is 0 Å². The summed E-state index contributed by atoms with van der Waals surface area (Å²) in [5, 5.41) is 14.6. The van der Waals surface area contributed by atoms with Crippen molar-refractivity contribution in [1.82, 2.24) is 10.3 Å². The van der Waals surface area contributed by atoms with E-state index in [2.05, 4.69) is 27.8 Å². The molecule has 34 heavy (non-hydrogen) atoms. The van der Waals surface area contributed by atoms with Crippen LogP contribution in [0.4, 0.5) is 9.93 Å². The summed E-state index contributed by atoms with van der Waals surface area (Å²) in [4.78, 5) is 40.2. The maximum absolute atomic E-state index is 12.4. The third-order valence-electron chi connectivity index (χ3n) is 5.90. The van der Waals surface area contributed by atoms with Crippen LogP contribution in [0.5, 0.6) is 0 Å². The van der Waals surface area contributed by atoms with Gasteiger partial charge in [-0.25, -0.2) is 9.78 Å². The molecule has 3 N–H and O–H groups in total. The highest BCUT2D eigenvalue weighted by molar-refractivity contribution is 7.17. The minimum absolute atomic E-state index is 0.0502. The van der Waals surface area contributed by atoms with Gasteiger partial charge in [0.05, 0.1) is 11.6 Å². The number of anilines is 1. The van der Waals surface area contributed by atoms with Gasteiger partial charge in [0.1, 0.15) is 11.5 Å². The van der Waals surface area contributed by atoms with Crippen LogP contribution in [0, 0.1) is 5.41 Å². The number of carbonyl (C=O) groups is 3. The van der Waals surface area contributed by atoms with Crippen LogP contribution >= 0.6 is 11.3 Å². The highest BCUT2D eigenvalue weighted by Crippen LogP contribution is 2.44. The summed E-state index contributed by atoms with van der Waals surface area (Å²) < 4.78 is 5.50. The van der Waals surface area contributed by atoms with Crippen LogP contribution in [0.25, 0.3) is 11.1 Å². The standard InChI is InChI=1S/C25H25N3O5S/c1-25(2,22(30)31)11-12-26-21(29)20-13-27-23(34-20)28-24(32)33-14-19-17-9-5-3-7-15(17)16-8-4-6-10-18(16)19/h3-10,13,19H,11-12,14H2,1-2H3,(H,26,29)(H,30,31)(H,27,28,32). The molecule has 0 spiro atoms. The zero-order valence-electron chi connectivity index (χ0n) is 18.8. The van der Waals surface area contributed by atoms with E-state index in [0.717, 1.165) is 33.6 Å². The van der Waals surface area contributed by atoms with Gasteiger partial charge in [0.2, 0.25) is 0 Å². The number of ether oxygens (including phenoxy) is 1. The minimum atomic E-state index is -0.933. The van der Waals surface area contributed by atoms with Crippen molar-refractivity contribution in [1.29, 1.82) is 0 Å². The molecule has 0 aliphatic heterocycles. The Morgan fingerprint density at radius 3 is 2.29 bits per heavy atom. The number of carboxylic acids is 1. The maximum atomic E-state index is 12.4. The van der Waals surface area contributed by atoms with Gasteiger partial charge in [-0.2, -0.15) is 0 Å². The molecule has 0 radical (unpaired) electrons. The van der Waals surface area contributed by atoms with Gasteiger partial charge >= 0.3 is 12.1 Å². The second kappa shape index (κ2) is 9.64. The van der Waals surface area contributed by atoms with Crippen LogP contribution in [0.15, 0.2) is 54.7 Å². The summed E-state index contributed by atoms with van der Waals surface area (Å²) >= 11 is 1.02. The molecule has 1 heterocycles. The first kappa shape index (κ1) is 23.4. The van der Waals surface area contributed by atoms with Crippen molar-refractivity contribution in [2.45, 2.75) is 26.2 Å². The predicted octanol–water partition coefficient (Wildman–Crippen LogP) is 4.73. The molecule has 0 atom stereocenters. The van der Waals surface area contributed by atoms with Crippen LogP contribution in [0.1, 0.15) is 47.0 Å². The molecular weight excluding hydrogens is 454 g/mol. The Morgan fingerprint density at radius 1 is 1.06 bits per heavy atom. The molecular formula is C25H25N3O5S. The van der Waals surface area contributed by atoms with Gasteiger partial charge in [-0.3, -0.25) is 14.9 Å². The van der Waals surface area contributed by atoms with Crippen molar-refractivity contribution >= 4 is 34.4 Å². The number of hydrogen-bond donors (Lipinski definition) is 3. The van der Waals surface area contributed by atoms with E-state index in [1.165, 1.54) is 6.20 Å². The smallest absolute Gasteiger partial charge is 0.413 e. The summed E-state index contributed by atoms with van der Waals surface area (Å²) in [5.41, 5.74) is 3.60. The van der Waals surface area contributed by atoms with Crippen LogP contribution in [0.2, 0.25) is 0 Å². The molecule has 8 nitrogen and oxygen atoms in total. The van der Waals surface area contributed by atoms with Crippen molar-refractivity contribution in [3.8, 4) is 11.1 Å². The van der Waals surface area contributed by atoms with E-state index in [9.17, 15) is 14.4 Å². The molecule has 1 aliphatic carbocycles. The average Bonchev–Trinajstić information content (AvgIpc) is 3.40. The van der Waals surface area contributed by atoms with Crippen molar-refractivity contribution in [2.24, 2.45) is 5.41 Å². The van der Waals surface area contributed by atoms with E-state index < -0.39 is 17.5 Å². The Hall–Kier alpha value is -3.72. The Bertz CT molecular complexity index is 1190. The molecule has 0 saturated carbocycles. The van der Waals surface area contributed by atoms with Gasteiger partial charge in [0.25, 0.3) is 5.91 Å². The van der Waals surface area contributed by atoms with Crippen molar-refractivity contribution in [2.75, 3.05) is 18.5 Å². The zero-order valence-corrected chi connectivity index (χ0v) is 19.6. The van der Waals surface area contributed by atoms with E-state index in [0.29, 0.717) is 4.88 Å². The number of carbonyl (C=O) groups excluding carboxylic acids is 2. The molecule has 0 unspecified atom stereocenters. The van der Waals surface area contributed by atoms with Crippen LogP contribution in [-0.2, 0) is 9.53 Å². The molecule has 0 saturated heterocycles. The number of hydrogen-bond acceptors (Lipinski definition) is 6. The number of rotatable bonds is 8. The van der Waals surface area contributed by atoms with Gasteiger partial charge in [-0.1, -0.05) is 59.9 Å². The second-order valence-corrected chi connectivity index (χ2v) is 9.71. The molecule has 2 amide bonds. The molecule has 9 heteroatoms. The first-order valence-corrected chi connectivity index (χ1v) is 11.7. The number of thiazole rings is 1. The number of nitrogens with one attached hydrogen (secondary N) is 2. The molecule has 1 aliphatic rings. The number of aromatic nitrogens is 1. The number of nitrogens with zero attached hydrogens (tertiary/aromatic N) is 1. The topological polar surface area (TPSA) is 118 Å². The summed E-state index contributed by atoms with van der Waals surface area (Å²) in [6.45, 7) is 3.60. The normalized spacial score (nSPS) is 12.5. The van der Waals surface area contributed by atoms with Crippen LogP contribution in [0.3, 0.4) is 0 Å². The zero-order chi connectivity index (χ0) is 24.3. The molecule has 4 rings (SSSR count). The van der Waals surface area contributed by atoms with Gasteiger partial charge in [-0.05, 0) is 42.5 Å². The minimum Gasteiger partial charge on any atom is -0.481 e. The summed E-state index contributed by atoms with van der Waals surface area (Å²) in [5.74, 6) is -1.35. The maximum Gasteiger partial charge on any atom is 0.413 e. The molecule has 0 fully saturated rings. The lowest BCUT2D eigenvalue weighted by Crippen LogP contribution is -2.31. The highest BCUT2D eigenvalue weighted by atomic mass is 32.1. The molecule has 0 bridgehead atoms. The number of carboxylic acid groups (broad SMARTS) is 1. The summed E-state index contributed by atoms with van der Waals surface area (Å²) in [6.07, 6.45) is 1.01. The monoisotopic (exact) mass is 479 g/mol. The summed E-state index contributed by atoms with van der Waals surface area (Å²) in [7, 11) is 0. The quantitative estimate of drug-likeness (QED) is 0.430. The first-order chi connectivity index (χ1) is 16.3. The number of benzene rings is 2. The van der Waals surface area contributed by atoms with E-state index in [4.69, 9.17) is 9.84 Å². The Balaban J connectivity index is 1.31. The van der Waals surface area contributed by atoms with E-state index in [1.807, 2.05) is 36.4 Å². The van der Waals surface area contributed by atoms with Gasteiger partial charge in [-0.15, -0.1) is 0 Å². The third-order valence-corrected chi connectivity index (χ3v) is 6.81. The number of amides is 2.